The van der Waals surface area contributed by atoms with Crippen LogP contribution in [0.25, 0.3) is 0 Å². The van der Waals surface area contributed by atoms with E-state index in [-0.39, 0.29) is 18.1 Å². The van der Waals surface area contributed by atoms with Crippen LogP contribution >= 0.6 is 0 Å². The number of nitrogens with one attached hydrogen (secondary N) is 1. The molecule has 30 heavy (non-hydrogen) atoms. The quantitative estimate of drug-likeness (QED) is 0.254. The van der Waals surface area contributed by atoms with Crippen molar-refractivity contribution in [1.82, 2.24) is 5.32 Å². The molecule has 2 aromatic rings. The first-order valence-corrected chi connectivity index (χ1v) is 8.77. The summed E-state index contributed by atoms with van der Waals surface area (Å²) in [6.45, 7) is 2.38. The number of halogens is 1. The highest BCUT2D eigenvalue weighted by molar-refractivity contribution is 5.98. The molecule has 0 aromatic heterocycles. The van der Waals surface area contributed by atoms with E-state index in [0.29, 0.717) is 22.3 Å². The average molecular weight is 416 g/mol. The van der Waals surface area contributed by atoms with E-state index in [1.165, 1.54) is 31.2 Å². The van der Waals surface area contributed by atoms with Gasteiger partial charge in [0.25, 0.3) is 11.8 Å². The van der Waals surface area contributed by atoms with Crippen molar-refractivity contribution in [3.63, 3.8) is 0 Å². The molecule has 0 saturated carbocycles. The molecule has 2 amide bonds. The zero-order valence-electron chi connectivity index (χ0n) is 16.4. The summed E-state index contributed by atoms with van der Waals surface area (Å²) in [5, 5.41) is 6.18. The lowest BCUT2D eigenvalue weighted by atomic mass is 10.1. The van der Waals surface area contributed by atoms with Crippen molar-refractivity contribution in [2.45, 2.75) is 20.4 Å². The van der Waals surface area contributed by atoms with Crippen LogP contribution in [-0.4, -0.2) is 30.2 Å². The number of hydrogen-bond acceptors (Lipinski definition) is 6. The van der Waals surface area contributed by atoms with Crippen LogP contribution in [0.3, 0.4) is 0 Å². The number of amidine groups is 1. The number of aryl methyl sites for hydroxylation is 1. The van der Waals surface area contributed by atoms with Crippen LogP contribution in [0.5, 0.6) is 5.75 Å². The molecular weight excluding hydrogens is 395 g/mol. The number of rotatable bonds is 8. The van der Waals surface area contributed by atoms with Gasteiger partial charge in [-0.05, 0) is 36.8 Å². The highest BCUT2D eigenvalue weighted by Crippen LogP contribution is 2.21. The van der Waals surface area contributed by atoms with Crippen LogP contribution < -0.4 is 21.5 Å². The first-order chi connectivity index (χ1) is 14.2. The summed E-state index contributed by atoms with van der Waals surface area (Å²) in [7, 11) is 0. The first-order valence-electron chi connectivity index (χ1n) is 8.77. The summed E-state index contributed by atoms with van der Waals surface area (Å²) in [5.41, 5.74) is 12.4. The zero-order chi connectivity index (χ0) is 22.3. The van der Waals surface area contributed by atoms with E-state index in [9.17, 15) is 18.8 Å². The van der Waals surface area contributed by atoms with Crippen LogP contribution in [0.4, 0.5) is 4.39 Å². The number of carbonyl (C=O) groups excluding carboxylic acids is 3. The highest BCUT2D eigenvalue weighted by atomic mass is 19.1. The topological polar surface area (TPSA) is 146 Å². The number of nitrogens with zero attached hydrogens (tertiary/aromatic N) is 1. The predicted octanol–water partition coefficient (Wildman–Crippen LogP) is 1.11. The summed E-state index contributed by atoms with van der Waals surface area (Å²) < 4.78 is 18.8. The molecule has 5 N–H and O–H groups in total. The van der Waals surface area contributed by atoms with Gasteiger partial charge >= 0.3 is 5.97 Å². The summed E-state index contributed by atoms with van der Waals surface area (Å²) in [5.74, 6) is -2.03. The number of oxime groups is 1. The minimum atomic E-state index is -0.696. The number of amides is 2. The lowest BCUT2D eigenvalue weighted by Crippen LogP contribution is -2.25. The van der Waals surface area contributed by atoms with Crippen molar-refractivity contribution < 1.29 is 28.3 Å². The lowest BCUT2D eigenvalue weighted by molar-refractivity contribution is -0.140. The molecule has 9 nitrogen and oxygen atoms in total. The Hall–Kier alpha value is -3.95. The minimum absolute atomic E-state index is 0.0463. The monoisotopic (exact) mass is 416 g/mol. The second kappa shape index (κ2) is 10.0. The van der Waals surface area contributed by atoms with Gasteiger partial charge < -0.3 is 26.4 Å². The molecule has 0 atom stereocenters. The van der Waals surface area contributed by atoms with Crippen molar-refractivity contribution in [2.75, 3.05) is 6.61 Å². The Morgan fingerprint density at radius 2 is 1.80 bits per heavy atom. The Labute approximate surface area is 171 Å². The molecule has 0 aliphatic heterocycles. The Balaban J connectivity index is 2.21. The summed E-state index contributed by atoms with van der Waals surface area (Å²) in [4.78, 5) is 38.8. The maximum atomic E-state index is 13.4. The molecule has 0 fully saturated rings. The van der Waals surface area contributed by atoms with E-state index in [2.05, 4.69) is 15.3 Å². The van der Waals surface area contributed by atoms with Crippen LogP contribution in [0.1, 0.15) is 34.0 Å². The minimum Gasteiger partial charge on any atom is -0.483 e. The van der Waals surface area contributed by atoms with Crippen molar-refractivity contribution in [1.29, 1.82) is 0 Å². The predicted molar refractivity (Wildman–Crippen MR) is 106 cm³/mol. The third-order valence-corrected chi connectivity index (χ3v) is 3.86. The third-order valence-electron chi connectivity index (χ3n) is 3.86. The van der Waals surface area contributed by atoms with Crippen molar-refractivity contribution in [3.05, 3.63) is 64.5 Å². The van der Waals surface area contributed by atoms with Gasteiger partial charge in [0.2, 0.25) is 0 Å². The fourth-order valence-electron chi connectivity index (χ4n) is 2.37. The van der Waals surface area contributed by atoms with Crippen molar-refractivity contribution in [2.24, 2.45) is 16.6 Å². The second-order valence-electron chi connectivity index (χ2n) is 6.28. The number of benzene rings is 2. The molecule has 0 aliphatic carbocycles. The average Bonchev–Trinajstić information content (AvgIpc) is 2.70. The number of hydrogen-bond donors (Lipinski definition) is 3. The molecule has 2 rings (SSSR count). The normalized spacial score (nSPS) is 11.0. The molecule has 0 unspecified atom stereocenters. The van der Waals surface area contributed by atoms with Crippen molar-refractivity contribution >= 4 is 23.6 Å². The molecule has 0 aliphatic rings. The van der Waals surface area contributed by atoms with Crippen LogP contribution in [0.2, 0.25) is 0 Å². The van der Waals surface area contributed by atoms with E-state index in [1.807, 2.05) is 0 Å². The molecule has 158 valence electrons. The summed E-state index contributed by atoms with van der Waals surface area (Å²) in [6, 6.07) is 8.66. The Morgan fingerprint density at radius 1 is 1.10 bits per heavy atom. The molecule has 2 aromatic carbocycles. The first kappa shape index (κ1) is 22.3. The van der Waals surface area contributed by atoms with Gasteiger partial charge in [0, 0.05) is 30.2 Å². The third kappa shape index (κ3) is 6.30. The van der Waals surface area contributed by atoms with Gasteiger partial charge in [0.1, 0.15) is 11.6 Å². The van der Waals surface area contributed by atoms with Gasteiger partial charge in [-0.3, -0.25) is 9.59 Å². The smallest absolute Gasteiger partial charge is 0.332 e. The van der Waals surface area contributed by atoms with E-state index >= 15 is 0 Å². The Bertz CT molecular complexity index is 1010. The number of primary amides is 1. The van der Waals surface area contributed by atoms with Gasteiger partial charge in [-0.15, -0.1) is 0 Å². The number of ether oxygens (including phenoxy) is 1. The van der Waals surface area contributed by atoms with Crippen LogP contribution in [0, 0.1) is 12.7 Å². The standard InChI is InChI=1S/C20H21FN4O5/c1-11-7-14(5-6-16(11)21)20(28)24-9-15-4-3-13(19(23)25-30-12(2)26)8-17(15)29-10-18(22)27/h3-8H,9-10H2,1-2H3,(H2,22,27)(H2,23,25)(H,24,28). The largest absolute Gasteiger partial charge is 0.483 e. The highest BCUT2D eigenvalue weighted by Gasteiger charge is 2.13. The molecule has 10 heteroatoms. The van der Waals surface area contributed by atoms with Crippen LogP contribution in [0.15, 0.2) is 41.6 Å². The fourth-order valence-corrected chi connectivity index (χ4v) is 2.37. The molecule has 0 radical (unpaired) electrons. The number of carbonyl (C=O) groups is 3. The second-order valence-corrected chi connectivity index (χ2v) is 6.28. The SMILES string of the molecule is CC(=O)O/N=C(/N)c1ccc(CNC(=O)c2ccc(F)c(C)c2)c(OCC(N)=O)c1. The molecule has 0 heterocycles. The lowest BCUT2D eigenvalue weighted by Gasteiger charge is -2.13. The van der Waals surface area contributed by atoms with Gasteiger partial charge in [-0.1, -0.05) is 17.3 Å². The molecule has 0 saturated heterocycles. The maximum absolute atomic E-state index is 13.4. The van der Waals surface area contributed by atoms with Crippen LogP contribution in [-0.2, 0) is 21.0 Å². The van der Waals surface area contributed by atoms with E-state index in [0.717, 1.165) is 0 Å². The molecular formula is C20H21FN4O5. The van der Waals surface area contributed by atoms with E-state index in [4.69, 9.17) is 16.2 Å². The zero-order valence-corrected chi connectivity index (χ0v) is 16.4. The summed E-state index contributed by atoms with van der Waals surface area (Å²) >= 11 is 0. The molecule has 0 bridgehead atoms. The van der Waals surface area contributed by atoms with Gasteiger partial charge in [-0.2, -0.15) is 0 Å². The van der Waals surface area contributed by atoms with Gasteiger partial charge in [-0.25, -0.2) is 9.18 Å². The maximum Gasteiger partial charge on any atom is 0.332 e. The van der Waals surface area contributed by atoms with Gasteiger partial charge in [0.05, 0.1) is 0 Å². The Kier molecular flexibility index (Phi) is 7.45. The van der Waals surface area contributed by atoms with Gasteiger partial charge in [0.15, 0.2) is 12.4 Å². The Morgan fingerprint density at radius 3 is 2.43 bits per heavy atom. The van der Waals surface area contributed by atoms with E-state index < -0.39 is 30.2 Å². The van der Waals surface area contributed by atoms with E-state index in [1.54, 1.807) is 19.1 Å². The number of nitrogens with two attached hydrogens (primary N) is 2. The van der Waals surface area contributed by atoms with Crippen molar-refractivity contribution in [3.8, 4) is 5.75 Å². The summed E-state index contributed by atoms with van der Waals surface area (Å²) in [6.07, 6.45) is 0. The fraction of sp³-hybridized carbons (Fsp3) is 0.200. The molecule has 0 spiro atoms.